The summed E-state index contributed by atoms with van der Waals surface area (Å²) in [5, 5.41) is 7.58. The van der Waals surface area contributed by atoms with Crippen molar-refractivity contribution < 1.29 is 19.1 Å². The molecule has 2 aliphatic heterocycles. The van der Waals surface area contributed by atoms with Crippen LogP contribution < -0.4 is 10.1 Å². The minimum absolute atomic E-state index is 0.0598. The second kappa shape index (κ2) is 8.45. The van der Waals surface area contributed by atoms with Crippen LogP contribution in [0.5, 0.6) is 5.75 Å². The molecule has 2 heterocycles. The normalized spacial score (nSPS) is 19.8. The molecule has 7 nitrogen and oxygen atoms in total. The van der Waals surface area contributed by atoms with E-state index in [0.717, 1.165) is 27.4 Å². The summed E-state index contributed by atoms with van der Waals surface area (Å²) in [5.74, 6) is -0.328. The molecule has 0 aromatic heterocycles. The van der Waals surface area contributed by atoms with Gasteiger partial charge in [0.25, 0.3) is 17.1 Å². The van der Waals surface area contributed by atoms with Crippen LogP contribution >= 0.6 is 27.7 Å². The van der Waals surface area contributed by atoms with Gasteiger partial charge in [-0.3, -0.25) is 19.7 Å². The number of imide groups is 1. The van der Waals surface area contributed by atoms with Gasteiger partial charge in [-0.25, -0.2) is 5.01 Å². The van der Waals surface area contributed by atoms with E-state index in [4.69, 9.17) is 4.74 Å². The monoisotopic (exact) mass is 485 g/mol. The molecule has 0 radical (unpaired) electrons. The number of benzene rings is 2. The Kier molecular flexibility index (Phi) is 5.74. The van der Waals surface area contributed by atoms with Crippen LogP contribution in [0.2, 0.25) is 0 Å². The Morgan fingerprint density at radius 3 is 2.67 bits per heavy atom. The van der Waals surface area contributed by atoms with Crippen LogP contribution in [0.1, 0.15) is 23.6 Å². The van der Waals surface area contributed by atoms with E-state index in [1.54, 1.807) is 7.11 Å². The minimum Gasteiger partial charge on any atom is -0.497 e. The van der Waals surface area contributed by atoms with E-state index in [-0.39, 0.29) is 10.9 Å². The maximum absolute atomic E-state index is 13.0. The smallest absolute Gasteiger partial charge is 0.290 e. The van der Waals surface area contributed by atoms with Gasteiger partial charge in [0.15, 0.2) is 0 Å². The highest BCUT2D eigenvalue weighted by Crippen LogP contribution is 2.35. The lowest BCUT2D eigenvalue weighted by molar-refractivity contribution is -0.128. The molecule has 0 saturated carbocycles. The Morgan fingerprint density at radius 2 is 2.03 bits per heavy atom. The van der Waals surface area contributed by atoms with E-state index in [2.05, 4.69) is 26.3 Å². The van der Waals surface area contributed by atoms with Gasteiger partial charge < -0.3 is 4.74 Å². The van der Waals surface area contributed by atoms with E-state index in [1.165, 1.54) is 5.01 Å². The first-order valence-electron chi connectivity index (χ1n) is 9.00. The van der Waals surface area contributed by atoms with Crippen molar-refractivity contribution in [3.8, 4) is 5.75 Å². The molecule has 2 aromatic rings. The van der Waals surface area contributed by atoms with Crippen molar-refractivity contribution in [1.82, 2.24) is 10.3 Å². The van der Waals surface area contributed by atoms with Crippen molar-refractivity contribution in [1.29, 1.82) is 0 Å². The van der Waals surface area contributed by atoms with Crippen LogP contribution in [0, 0.1) is 0 Å². The van der Waals surface area contributed by atoms with Crippen LogP contribution in [-0.2, 0) is 9.59 Å². The third-order valence-electron chi connectivity index (χ3n) is 4.69. The van der Waals surface area contributed by atoms with Gasteiger partial charge in [-0.2, -0.15) is 5.10 Å². The first-order valence-corrected chi connectivity index (χ1v) is 10.6. The van der Waals surface area contributed by atoms with Crippen molar-refractivity contribution in [2.45, 2.75) is 12.5 Å². The van der Waals surface area contributed by atoms with Gasteiger partial charge >= 0.3 is 0 Å². The third-order valence-corrected chi connectivity index (χ3v) is 6.00. The summed E-state index contributed by atoms with van der Waals surface area (Å²) < 4.78 is 6.13. The predicted octanol–water partition coefficient (Wildman–Crippen LogP) is 4.00. The molecule has 1 fully saturated rings. The highest BCUT2D eigenvalue weighted by molar-refractivity contribution is 9.10. The molecule has 0 spiro atoms. The SMILES string of the molecule is COc1ccc(C2CC(c3cccc(Br)c3)=NN2C(=O)/C=C2\SC(=O)NC2=O)cc1. The lowest BCUT2D eigenvalue weighted by atomic mass is 9.98. The maximum atomic E-state index is 13.0. The number of nitrogens with one attached hydrogen (secondary N) is 1. The lowest BCUT2D eigenvalue weighted by Crippen LogP contribution is -2.26. The first-order chi connectivity index (χ1) is 14.4. The summed E-state index contributed by atoms with van der Waals surface area (Å²) in [6.45, 7) is 0. The minimum atomic E-state index is -0.574. The Balaban J connectivity index is 1.69. The highest BCUT2D eigenvalue weighted by atomic mass is 79.9. The Hall–Kier alpha value is -2.91. The summed E-state index contributed by atoms with van der Waals surface area (Å²) in [6.07, 6.45) is 1.67. The standard InChI is InChI=1S/C21H16BrN3O4S/c1-29-15-7-5-12(6-8-15)17-10-16(13-3-2-4-14(22)9-13)24-25(17)19(26)11-18-20(27)23-21(28)30-18/h2-9,11,17H,10H2,1H3,(H,23,27,28)/b18-11-. The van der Waals surface area contributed by atoms with Gasteiger partial charge in [0.2, 0.25) is 0 Å². The largest absolute Gasteiger partial charge is 0.497 e. The molecule has 9 heteroatoms. The number of hydrazone groups is 1. The zero-order chi connectivity index (χ0) is 21.3. The Morgan fingerprint density at radius 1 is 1.27 bits per heavy atom. The quantitative estimate of drug-likeness (QED) is 0.661. The number of amides is 3. The molecule has 2 aromatic carbocycles. The maximum Gasteiger partial charge on any atom is 0.290 e. The van der Waals surface area contributed by atoms with Crippen LogP contribution in [0.15, 0.2) is 69.1 Å². The van der Waals surface area contributed by atoms with Crippen molar-refractivity contribution in [2.75, 3.05) is 7.11 Å². The van der Waals surface area contributed by atoms with Gasteiger partial charge in [-0.05, 0) is 47.2 Å². The number of hydrogen-bond acceptors (Lipinski definition) is 6. The molecule has 152 valence electrons. The van der Waals surface area contributed by atoms with Crippen LogP contribution in [0.3, 0.4) is 0 Å². The number of carbonyl (C=O) groups is 3. The fourth-order valence-electron chi connectivity index (χ4n) is 3.24. The molecule has 1 saturated heterocycles. The summed E-state index contributed by atoms with van der Waals surface area (Å²) in [7, 11) is 1.59. The summed E-state index contributed by atoms with van der Waals surface area (Å²) in [4.78, 5) is 36.3. The molecule has 30 heavy (non-hydrogen) atoms. The fraction of sp³-hybridized carbons (Fsp3) is 0.143. The summed E-state index contributed by atoms with van der Waals surface area (Å²) in [6, 6.07) is 14.8. The molecule has 1 atom stereocenters. The van der Waals surface area contributed by atoms with Gasteiger partial charge in [-0.1, -0.05) is 40.2 Å². The zero-order valence-electron chi connectivity index (χ0n) is 15.8. The van der Waals surface area contributed by atoms with Crippen LogP contribution in [0.4, 0.5) is 4.79 Å². The Bertz CT molecular complexity index is 1100. The van der Waals surface area contributed by atoms with E-state index in [1.807, 2.05) is 48.5 Å². The molecule has 0 bridgehead atoms. The molecular formula is C21H16BrN3O4S. The van der Waals surface area contributed by atoms with Gasteiger partial charge in [0.05, 0.1) is 23.8 Å². The number of nitrogens with zero attached hydrogens (tertiary/aromatic N) is 2. The zero-order valence-corrected chi connectivity index (χ0v) is 18.2. The van der Waals surface area contributed by atoms with Gasteiger partial charge in [0, 0.05) is 17.0 Å². The van der Waals surface area contributed by atoms with Crippen LogP contribution in [-0.4, -0.2) is 34.9 Å². The van der Waals surface area contributed by atoms with E-state index in [9.17, 15) is 14.4 Å². The second-order valence-electron chi connectivity index (χ2n) is 6.59. The Labute approximate surface area is 185 Å². The average Bonchev–Trinajstić information content (AvgIpc) is 3.31. The lowest BCUT2D eigenvalue weighted by Gasteiger charge is -2.21. The van der Waals surface area contributed by atoms with Gasteiger partial charge in [-0.15, -0.1) is 0 Å². The average molecular weight is 486 g/mol. The van der Waals surface area contributed by atoms with Crippen molar-refractivity contribution in [3.63, 3.8) is 0 Å². The second-order valence-corrected chi connectivity index (χ2v) is 8.52. The molecule has 3 amide bonds. The highest BCUT2D eigenvalue weighted by Gasteiger charge is 2.34. The van der Waals surface area contributed by atoms with E-state index >= 15 is 0 Å². The summed E-state index contributed by atoms with van der Waals surface area (Å²) >= 11 is 4.17. The van der Waals surface area contributed by atoms with Crippen molar-refractivity contribution in [3.05, 3.63) is 75.1 Å². The van der Waals surface area contributed by atoms with E-state index in [0.29, 0.717) is 23.9 Å². The third kappa shape index (κ3) is 4.17. The number of rotatable bonds is 4. The topological polar surface area (TPSA) is 88.1 Å². The molecule has 1 unspecified atom stereocenters. The number of halogens is 1. The van der Waals surface area contributed by atoms with Crippen LogP contribution in [0.25, 0.3) is 0 Å². The van der Waals surface area contributed by atoms with E-state index < -0.39 is 17.1 Å². The number of thioether (sulfide) groups is 1. The number of ether oxygens (including phenoxy) is 1. The number of methoxy groups -OCH3 is 1. The molecule has 0 aliphatic carbocycles. The first kappa shape index (κ1) is 20.4. The molecule has 4 rings (SSSR count). The number of carbonyl (C=O) groups excluding carboxylic acids is 3. The van der Waals surface area contributed by atoms with Gasteiger partial charge in [0.1, 0.15) is 5.75 Å². The van der Waals surface area contributed by atoms with Crippen molar-refractivity contribution in [2.24, 2.45) is 5.10 Å². The van der Waals surface area contributed by atoms with Crippen molar-refractivity contribution >= 4 is 50.5 Å². The summed E-state index contributed by atoms with van der Waals surface area (Å²) in [5.41, 5.74) is 2.54. The predicted molar refractivity (Wildman–Crippen MR) is 117 cm³/mol. The number of hydrogen-bond donors (Lipinski definition) is 1. The fourth-order valence-corrected chi connectivity index (χ4v) is 4.29. The molecule has 1 N–H and O–H groups in total. The molecular weight excluding hydrogens is 470 g/mol. The molecule has 2 aliphatic rings.